The quantitative estimate of drug-likeness (QED) is 0.738. The number of carbonyl (C=O) groups is 2. The number of anilines is 3. The number of hydrogen-bond acceptors (Lipinski definition) is 3. The molecule has 0 saturated carbocycles. The molecule has 29 heavy (non-hydrogen) atoms. The lowest BCUT2D eigenvalue weighted by atomic mass is 9.89. The van der Waals surface area contributed by atoms with Gasteiger partial charge in [0.15, 0.2) is 0 Å². The second kappa shape index (κ2) is 8.87. The largest absolute Gasteiger partial charge is 0.370 e. The fourth-order valence-corrected chi connectivity index (χ4v) is 4.36. The van der Waals surface area contributed by atoms with Gasteiger partial charge < -0.3 is 15.5 Å². The molecule has 2 aliphatic heterocycles. The van der Waals surface area contributed by atoms with E-state index in [1.165, 1.54) is 6.42 Å². The van der Waals surface area contributed by atoms with Gasteiger partial charge in [-0.2, -0.15) is 0 Å². The normalized spacial score (nSPS) is 18.7. The topological polar surface area (TPSA) is 61.4 Å². The van der Waals surface area contributed by atoms with Gasteiger partial charge in [-0.1, -0.05) is 29.8 Å². The van der Waals surface area contributed by atoms with Crippen molar-refractivity contribution in [3.63, 3.8) is 0 Å². The van der Waals surface area contributed by atoms with E-state index in [2.05, 4.69) is 15.5 Å². The Balaban J connectivity index is 1.39. The number of hydrogen-bond donors (Lipinski definition) is 2. The van der Waals surface area contributed by atoms with Crippen molar-refractivity contribution in [1.29, 1.82) is 0 Å². The molecule has 2 amide bonds. The van der Waals surface area contributed by atoms with Crippen molar-refractivity contribution in [2.24, 2.45) is 5.92 Å². The zero-order valence-corrected chi connectivity index (χ0v) is 17.2. The molecule has 2 aromatic rings. The predicted molar refractivity (Wildman–Crippen MR) is 118 cm³/mol. The van der Waals surface area contributed by atoms with Crippen molar-refractivity contribution < 1.29 is 9.59 Å². The number of nitrogens with zero attached hydrogens (tertiary/aromatic N) is 1. The lowest BCUT2D eigenvalue weighted by Gasteiger charge is -2.30. The van der Waals surface area contributed by atoms with Gasteiger partial charge in [0.05, 0.1) is 11.4 Å². The highest BCUT2D eigenvalue weighted by molar-refractivity contribution is 6.31. The van der Waals surface area contributed by atoms with Gasteiger partial charge in [0.25, 0.3) is 0 Å². The summed E-state index contributed by atoms with van der Waals surface area (Å²) in [5.41, 5.74) is 3.78. The highest BCUT2D eigenvalue weighted by atomic mass is 35.5. The van der Waals surface area contributed by atoms with E-state index in [0.717, 1.165) is 48.6 Å². The van der Waals surface area contributed by atoms with E-state index in [4.69, 9.17) is 11.6 Å². The predicted octanol–water partition coefficient (Wildman–Crippen LogP) is 4.86. The molecule has 0 spiro atoms. The lowest BCUT2D eigenvalue weighted by molar-refractivity contribution is -0.121. The summed E-state index contributed by atoms with van der Waals surface area (Å²) in [5, 5.41) is 6.57. The Morgan fingerprint density at radius 3 is 2.76 bits per heavy atom. The van der Waals surface area contributed by atoms with Crippen LogP contribution in [0.1, 0.15) is 37.7 Å². The number of rotatable bonds is 5. The molecule has 1 atom stereocenters. The van der Waals surface area contributed by atoms with Crippen molar-refractivity contribution in [2.75, 3.05) is 28.6 Å². The van der Waals surface area contributed by atoms with Crippen molar-refractivity contribution >= 4 is 40.5 Å². The minimum atomic E-state index is -0.184. The summed E-state index contributed by atoms with van der Waals surface area (Å²) in [7, 11) is 0. The van der Waals surface area contributed by atoms with Crippen LogP contribution >= 0.6 is 11.6 Å². The molecule has 0 unspecified atom stereocenters. The lowest BCUT2D eigenvalue weighted by Crippen LogP contribution is -2.31. The molecule has 0 radical (unpaired) electrons. The molecule has 2 aliphatic rings. The average Bonchev–Trinajstić information content (AvgIpc) is 2.73. The Kier molecular flexibility index (Phi) is 6.05. The molecule has 0 bridgehead atoms. The maximum Gasteiger partial charge on any atom is 0.227 e. The van der Waals surface area contributed by atoms with Crippen LogP contribution in [0.5, 0.6) is 0 Å². The molecule has 2 N–H and O–H groups in total. The van der Waals surface area contributed by atoms with Crippen LogP contribution in [0.3, 0.4) is 0 Å². The van der Waals surface area contributed by atoms with E-state index in [-0.39, 0.29) is 17.7 Å². The van der Waals surface area contributed by atoms with Gasteiger partial charge in [0.2, 0.25) is 11.8 Å². The van der Waals surface area contributed by atoms with Crippen molar-refractivity contribution in [1.82, 2.24) is 0 Å². The summed E-state index contributed by atoms with van der Waals surface area (Å²) in [6, 6.07) is 13.5. The summed E-state index contributed by atoms with van der Waals surface area (Å²) < 4.78 is 0. The van der Waals surface area contributed by atoms with Gasteiger partial charge in [0, 0.05) is 36.1 Å². The molecule has 0 aliphatic carbocycles. The Hall–Kier alpha value is -2.53. The number of benzene rings is 2. The molecule has 1 fully saturated rings. The third kappa shape index (κ3) is 4.73. The van der Waals surface area contributed by atoms with Crippen LogP contribution in [0.2, 0.25) is 5.02 Å². The highest BCUT2D eigenvalue weighted by Crippen LogP contribution is 2.32. The smallest absolute Gasteiger partial charge is 0.227 e. The van der Waals surface area contributed by atoms with Crippen LogP contribution in [0.25, 0.3) is 0 Å². The summed E-state index contributed by atoms with van der Waals surface area (Å²) in [6.45, 7) is 1.98. The molecule has 0 aromatic heterocycles. The maximum absolute atomic E-state index is 12.6. The Labute approximate surface area is 176 Å². The van der Waals surface area contributed by atoms with E-state index < -0.39 is 0 Å². The van der Waals surface area contributed by atoms with E-state index in [1.807, 2.05) is 42.5 Å². The van der Waals surface area contributed by atoms with Crippen LogP contribution in [0.4, 0.5) is 17.1 Å². The fraction of sp³-hybridized carbons (Fsp3) is 0.391. The molecule has 5 nitrogen and oxygen atoms in total. The van der Waals surface area contributed by atoms with Gasteiger partial charge in [-0.3, -0.25) is 9.59 Å². The van der Waals surface area contributed by atoms with E-state index >= 15 is 0 Å². The maximum atomic E-state index is 12.6. The molecule has 6 heteroatoms. The van der Waals surface area contributed by atoms with Gasteiger partial charge in [-0.25, -0.2) is 0 Å². The number of nitrogens with one attached hydrogen (secondary N) is 2. The number of carbonyl (C=O) groups excluding carboxylic acids is 2. The van der Waals surface area contributed by atoms with Crippen molar-refractivity contribution in [3.8, 4) is 0 Å². The molecular formula is C23H26ClN3O2. The monoisotopic (exact) mass is 411 g/mol. The number of halogens is 1. The minimum absolute atomic E-state index is 0.00624. The molecule has 152 valence electrons. The second-order valence-electron chi connectivity index (χ2n) is 7.84. The molecule has 2 heterocycles. The highest BCUT2D eigenvalue weighted by Gasteiger charge is 2.26. The van der Waals surface area contributed by atoms with Gasteiger partial charge in [0.1, 0.15) is 0 Å². The van der Waals surface area contributed by atoms with Crippen LogP contribution in [-0.2, 0) is 16.0 Å². The van der Waals surface area contributed by atoms with Gasteiger partial charge in [-0.05, 0) is 61.9 Å². The first-order valence-electron chi connectivity index (χ1n) is 10.3. The standard InChI is InChI=1S/C23H26ClN3O2/c24-18-9-10-21(27-12-4-1-5-13-27)20(15-18)25-22(28)11-8-17-14-16-6-2-3-7-19(16)26-23(17)29/h2-3,6-7,9-10,15,17H,1,4-5,8,11-14H2,(H,25,28)(H,26,29)/t17-/m0/s1. The fourth-order valence-electron chi connectivity index (χ4n) is 4.18. The van der Waals surface area contributed by atoms with Crippen LogP contribution in [-0.4, -0.2) is 24.9 Å². The summed E-state index contributed by atoms with van der Waals surface area (Å²) in [6.07, 6.45) is 5.06. The molecule has 4 rings (SSSR count). The zero-order valence-electron chi connectivity index (χ0n) is 16.4. The third-order valence-electron chi connectivity index (χ3n) is 5.76. The summed E-state index contributed by atoms with van der Waals surface area (Å²) in [4.78, 5) is 27.3. The van der Waals surface area contributed by atoms with Crippen LogP contribution < -0.4 is 15.5 Å². The Morgan fingerprint density at radius 2 is 1.93 bits per heavy atom. The molecule has 1 saturated heterocycles. The first-order valence-corrected chi connectivity index (χ1v) is 10.7. The molecule has 2 aromatic carbocycles. The first-order chi connectivity index (χ1) is 14.1. The summed E-state index contributed by atoms with van der Waals surface area (Å²) >= 11 is 6.18. The SMILES string of the molecule is O=C(CC[C@H]1Cc2ccccc2NC1=O)Nc1cc(Cl)ccc1N1CCCCC1. The van der Waals surface area contributed by atoms with E-state index in [9.17, 15) is 9.59 Å². The number of amides is 2. The Bertz CT molecular complexity index is 909. The number of para-hydroxylation sites is 1. The van der Waals surface area contributed by atoms with Crippen LogP contribution in [0.15, 0.2) is 42.5 Å². The third-order valence-corrected chi connectivity index (χ3v) is 6.00. The Morgan fingerprint density at radius 1 is 1.14 bits per heavy atom. The zero-order chi connectivity index (χ0) is 20.2. The number of piperidine rings is 1. The summed E-state index contributed by atoms with van der Waals surface area (Å²) in [5.74, 6) is -0.276. The second-order valence-corrected chi connectivity index (χ2v) is 8.28. The van der Waals surface area contributed by atoms with Crippen molar-refractivity contribution in [2.45, 2.75) is 38.5 Å². The average molecular weight is 412 g/mol. The number of fused-ring (bicyclic) bond motifs is 1. The van der Waals surface area contributed by atoms with E-state index in [1.54, 1.807) is 0 Å². The van der Waals surface area contributed by atoms with Crippen molar-refractivity contribution in [3.05, 3.63) is 53.1 Å². The van der Waals surface area contributed by atoms with E-state index in [0.29, 0.717) is 24.3 Å². The van der Waals surface area contributed by atoms with Gasteiger partial charge in [-0.15, -0.1) is 0 Å². The molecular weight excluding hydrogens is 386 g/mol. The van der Waals surface area contributed by atoms with Crippen LogP contribution in [0, 0.1) is 5.92 Å². The minimum Gasteiger partial charge on any atom is -0.370 e. The first kappa shape index (κ1) is 19.8. The van der Waals surface area contributed by atoms with Gasteiger partial charge >= 0.3 is 0 Å².